The molecule has 1 aliphatic rings. The summed E-state index contributed by atoms with van der Waals surface area (Å²) in [5, 5.41) is 9.18. The molecule has 0 amide bonds. The predicted molar refractivity (Wildman–Crippen MR) is 75.1 cm³/mol. The second kappa shape index (κ2) is 5.93. The maximum absolute atomic E-state index is 12.0. The van der Waals surface area contributed by atoms with E-state index in [0.717, 1.165) is 19.3 Å². The maximum Gasteiger partial charge on any atom is 0.310 e. The van der Waals surface area contributed by atoms with Crippen molar-refractivity contribution in [2.24, 2.45) is 0 Å². The van der Waals surface area contributed by atoms with Crippen LogP contribution in [0.15, 0.2) is 29.2 Å². The van der Waals surface area contributed by atoms with Crippen molar-refractivity contribution in [2.45, 2.75) is 49.5 Å². The summed E-state index contributed by atoms with van der Waals surface area (Å²) < 4.78 is 26.6. The lowest BCUT2D eigenvalue weighted by atomic mass is 9.95. The molecular formula is C14H19NO4S. The number of nitrogens with one attached hydrogen (secondary N) is 1. The van der Waals surface area contributed by atoms with Gasteiger partial charge in [0.15, 0.2) is 0 Å². The highest BCUT2D eigenvalue weighted by atomic mass is 32.2. The van der Waals surface area contributed by atoms with Gasteiger partial charge in [0.2, 0.25) is 10.0 Å². The van der Waals surface area contributed by atoms with Crippen LogP contribution in [0.4, 0.5) is 0 Å². The minimum absolute atomic E-state index is 0.0616. The number of aliphatic carboxylic acids is 1. The summed E-state index contributed by atoms with van der Waals surface area (Å²) in [4.78, 5) is 11.4. The van der Waals surface area contributed by atoms with Crippen LogP contribution in [0.5, 0.6) is 0 Å². The van der Waals surface area contributed by atoms with Crippen LogP contribution in [0.1, 0.15) is 44.1 Å². The molecule has 5 nitrogen and oxygen atoms in total. The lowest BCUT2D eigenvalue weighted by Gasteiger charge is -2.12. The van der Waals surface area contributed by atoms with Gasteiger partial charge in [-0.3, -0.25) is 4.79 Å². The van der Waals surface area contributed by atoms with Crippen LogP contribution in [0.25, 0.3) is 0 Å². The van der Waals surface area contributed by atoms with Crippen molar-refractivity contribution >= 4 is 16.0 Å². The number of sulfonamides is 1. The largest absolute Gasteiger partial charge is 0.481 e. The molecule has 6 heteroatoms. The minimum atomic E-state index is -3.47. The van der Waals surface area contributed by atoms with Gasteiger partial charge in [-0.05, 0) is 37.0 Å². The Labute approximate surface area is 119 Å². The molecule has 0 bridgehead atoms. The van der Waals surface area contributed by atoms with Crippen LogP contribution < -0.4 is 4.72 Å². The number of carboxylic acid groups (broad SMARTS) is 1. The van der Waals surface area contributed by atoms with Gasteiger partial charge in [0.25, 0.3) is 0 Å². The minimum Gasteiger partial charge on any atom is -0.481 e. The smallest absolute Gasteiger partial charge is 0.310 e. The molecule has 1 aromatic carbocycles. The lowest BCUT2D eigenvalue weighted by molar-refractivity contribution is -0.139. The van der Waals surface area contributed by atoms with Crippen molar-refractivity contribution in [1.29, 1.82) is 0 Å². The van der Waals surface area contributed by atoms with E-state index in [1.54, 1.807) is 12.1 Å². The van der Waals surface area contributed by atoms with Crippen molar-refractivity contribution in [2.75, 3.05) is 0 Å². The SMILES string of the molecule is CCCC(C(=O)O)c1ccc(S(=O)(=O)NC2CC2)cc1. The van der Waals surface area contributed by atoms with Gasteiger partial charge < -0.3 is 5.11 Å². The van der Waals surface area contributed by atoms with Crippen LogP contribution in [-0.4, -0.2) is 25.5 Å². The summed E-state index contributed by atoms with van der Waals surface area (Å²) in [5.41, 5.74) is 0.643. The Bertz CT molecular complexity index is 576. The Balaban J connectivity index is 2.18. The molecule has 1 fully saturated rings. The van der Waals surface area contributed by atoms with Crippen LogP contribution >= 0.6 is 0 Å². The molecule has 1 aromatic rings. The number of hydrogen-bond donors (Lipinski definition) is 2. The first-order chi connectivity index (χ1) is 9.44. The summed E-state index contributed by atoms with van der Waals surface area (Å²) in [6.45, 7) is 1.92. The molecule has 0 radical (unpaired) electrons. The molecule has 0 aliphatic heterocycles. The normalized spacial score (nSPS) is 16.9. The average Bonchev–Trinajstić information content (AvgIpc) is 3.19. The summed E-state index contributed by atoms with van der Waals surface area (Å²) in [6, 6.07) is 6.20. The second-order valence-electron chi connectivity index (χ2n) is 5.14. The third-order valence-electron chi connectivity index (χ3n) is 3.37. The standard InChI is InChI=1S/C14H19NO4S/c1-2-3-13(14(16)17)10-4-8-12(9-5-10)20(18,19)15-11-6-7-11/h4-5,8-9,11,13,15H,2-3,6-7H2,1H3,(H,16,17). The van der Waals surface area contributed by atoms with Gasteiger partial charge in [-0.1, -0.05) is 25.5 Å². The van der Waals surface area contributed by atoms with Gasteiger partial charge in [-0.15, -0.1) is 0 Å². The topological polar surface area (TPSA) is 83.5 Å². The monoisotopic (exact) mass is 297 g/mol. The molecule has 20 heavy (non-hydrogen) atoms. The number of carbonyl (C=O) groups is 1. The van der Waals surface area contributed by atoms with Gasteiger partial charge in [-0.2, -0.15) is 0 Å². The zero-order chi connectivity index (χ0) is 14.8. The Morgan fingerprint density at radius 2 is 1.95 bits per heavy atom. The highest BCUT2D eigenvalue weighted by molar-refractivity contribution is 7.89. The zero-order valence-electron chi connectivity index (χ0n) is 11.4. The first-order valence-corrected chi connectivity index (χ1v) is 8.27. The molecule has 1 saturated carbocycles. The molecule has 2 rings (SSSR count). The first kappa shape index (κ1) is 15.0. The van der Waals surface area contributed by atoms with Gasteiger partial charge in [0.1, 0.15) is 0 Å². The molecule has 110 valence electrons. The van der Waals surface area contributed by atoms with E-state index in [1.165, 1.54) is 12.1 Å². The van der Waals surface area contributed by atoms with Crippen molar-refractivity contribution in [3.8, 4) is 0 Å². The number of benzene rings is 1. The second-order valence-corrected chi connectivity index (χ2v) is 6.86. The Hall–Kier alpha value is -1.40. The van der Waals surface area contributed by atoms with Gasteiger partial charge in [0, 0.05) is 6.04 Å². The summed E-state index contributed by atoms with van der Waals surface area (Å²) in [6.07, 6.45) is 3.08. The van der Waals surface area contributed by atoms with Gasteiger partial charge in [-0.25, -0.2) is 13.1 Å². The molecule has 0 spiro atoms. The summed E-state index contributed by atoms with van der Waals surface area (Å²) in [7, 11) is -3.47. The Morgan fingerprint density at radius 3 is 2.40 bits per heavy atom. The fourth-order valence-corrected chi connectivity index (χ4v) is 3.39. The Morgan fingerprint density at radius 1 is 1.35 bits per heavy atom. The van der Waals surface area contributed by atoms with E-state index in [-0.39, 0.29) is 10.9 Å². The highest BCUT2D eigenvalue weighted by Gasteiger charge is 2.28. The van der Waals surface area contributed by atoms with E-state index in [4.69, 9.17) is 0 Å². The third-order valence-corrected chi connectivity index (χ3v) is 4.90. The first-order valence-electron chi connectivity index (χ1n) is 6.79. The highest BCUT2D eigenvalue weighted by Crippen LogP contribution is 2.25. The molecule has 1 atom stereocenters. The van der Waals surface area contributed by atoms with E-state index in [1.807, 2.05) is 6.92 Å². The van der Waals surface area contributed by atoms with Crippen LogP contribution in [0.3, 0.4) is 0 Å². The molecule has 1 aliphatic carbocycles. The van der Waals surface area contributed by atoms with E-state index < -0.39 is 21.9 Å². The van der Waals surface area contributed by atoms with E-state index in [0.29, 0.717) is 12.0 Å². The average molecular weight is 297 g/mol. The van der Waals surface area contributed by atoms with Gasteiger partial charge >= 0.3 is 5.97 Å². The Kier molecular flexibility index (Phi) is 4.45. The zero-order valence-corrected chi connectivity index (χ0v) is 12.2. The van der Waals surface area contributed by atoms with E-state index >= 15 is 0 Å². The number of hydrogen-bond acceptors (Lipinski definition) is 3. The quantitative estimate of drug-likeness (QED) is 0.807. The van der Waals surface area contributed by atoms with Gasteiger partial charge in [0.05, 0.1) is 10.8 Å². The molecule has 1 unspecified atom stereocenters. The van der Waals surface area contributed by atoms with E-state index in [2.05, 4.69) is 4.72 Å². The fraction of sp³-hybridized carbons (Fsp3) is 0.500. The third kappa shape index (κ3) is 3.58. The predicted octanol–water partition coefficient (Wildman–Crippen LogP) is 2.10. The van der Waals surface area contributed by atoms with Crippen LogP contribution in [0, 0.1) is 0 Å². The van der Waals surface area contributed by atoms with Crippen LogP contribution in [0.2, 0.25) is 0 Å². The summed E-state index contributed by atoms with van der Waals surface area (Å²) in [5.74, 6) is -1.45. The molecule has 0 heterocycles. The fourth-order valence-electron chi connectivity index (χ4n) is 2.09. The molecule has 2 N–H and O–H groups in total. The molecule has 0 aromatic heterocycles. The maximum atomic E-state index is 12.0. The number of rotatable bonds is 7. The van der Waals surface area contributed by atoms with Crippen molar-refractivity contribution in [3.63, 3.8) is 0 Å². The number of carboxylic acids is 1. The lowest BCUT2D eigenvalue weighted by Crippen LogP contribution is -2.25. The van der Waals surface area contributed by atoms with Crippen molar-refractivity contribution in [1.82, 2.24) is 4.72 Å². The molecular weight excluding hydrogens is 278 g/mol. The van der Waals surface area contributed by atoms with Crippen molar-refractivity contribution < 1.29 is 18.3 Å². The molecule has 0 saturated heterocycles. The van der Waals surface area contributed by atoms with Crippen LogP contribution in [-0.2, 0) is 14.8 Å². The summed E-state index contributed by atoms with van der Waals surface area (Å²) >= 11 is 0. The van der Waals surface area contributed by atoms with Crippen molar-refractivity contribution in [3.05, 3.63) is 29.8 Å². The van der Waals surface area contributed by atoms with E-state index in [9.17, 15) is 18.3 Å².